The van der Waals surface area contributed by atoms with E-state index >= 15 is 0 Å². The summed E-state index contributed by atoms with van der Waals surface area (Å²) in [5.41, 5.74) is 3.53. The van der Waals surface area contributed by atoms with Crippen molar-refractivity contribution in [3.63, 3.8) is 0 Å². The fourth-order valence-corrected chi connectivity index (χ4v) is 4.87. The van der Waals surface area contributed by atoms with Gasteiger partial charge >= 0.3 is 68.9 Å². The number of aromatic nitrogens is 3. The number of hydrogen-bond acceptors (Lipinski definition) is 7. The number of unbranched alkanes of at least 4 members (excludes halogenated alkanes) is 1. The summed E-state index contributed by atoms with van der Waals surface area (Å²) in [5.74, 6) is 0.353. The number of carbonyl (C=O) groups excluding carboxylic acids is 1. The van der Waals surface area contributed by atoms with Crippen LogP contribution in [-0.4, -0.2) is 48.0 Å². The van der Waals surface area contributed by atoms with Crippen molar-refractivity contribution in [2.24, 2.45) is 7.05 Å². The van der Waals surface area contributed by atoms with E-state index < -0.39 is 0 Å². The topological polar surface area (TPSA) is 81.5 Å². The van der Waals surface area contributed by atoms with Gasteiger partial charge in [-0.15, -0.1) is 13.1 Å². The van der Waals surface area contributed by atoms with E-state index in [1.54, 1.807) is 25.0 Å². The number of rotatable bonds is 10. The van der Waals surface area contributed by atoms with Gasteiger partial charge in [0.25, 0.3) is 11.1 Å². The maximum Gasteiger partial charge on any atom is 1.00 e. The summed E-state index contributed by atoms with van der Waals surface area (Å²) in [7, 11) is 5.03. The SMILES string of the molecule is C[CH-]CN(C[CH-]CC)c1ccc(C(=O)Nc2cc(OC)c3nn(C)cc3c2)c2nc(OC)sc12.[Cs+]. The van der Waals surface area contributed by atoms with Crippen molar-refractivity contribution in [2.45, 2.75) is 20.3 Å². The molecular weight excluding hydrogens is 583 g/mol. The zero-order chi connectivity index (χ0) is 24.2. The second kappa shape index (κ2) is 12.8. The smallest absolute Gasteiger partial charge is 0.494 e. The molecule has 4 rings (SSSR count). The number of aryl methyl sites for hydroxylation is 1. The molecular formula is C25H29CsN5O3S-. The third-order valence-corrected chi connectivity index (χ3v) is 6.51. The first-order valence-corrected chi connectivity index (χ1v) is 11.9. The first-order chi connectivity index (χ1) is 16.5. The molecule has 2 aromatic heterocycles. The average molecular weight is 613 g/mol. The van der Waals surface area contributed by atoms with Crippen LogP contribution in [0.2, 0.25) is 0 Å². The maximum atomic E-state index is 13.4. The van der Waals surface area contributed by atoms with Gasteiger partial charge in [0.15, 0.2) is 0 Å². The predicted octanol–water partition coefficient (Wildman–Crippen LogP) is 2.10. The van der Waals surface area contributed by atoms with Crippen molar-refractivity contribution in [3.8, 4) is 10.9 Å². The number of anilines is 2. The Hall–Kier alpha value is -1.28. The van der Waals surface area contributed by atoms with Gasteiger partial charge in [-0.3, -0.25) is 9.48 Å². The van der Waals surface area contributed by atoms with E-state index in [1.165, 1.54) is 11.3 Å². The molecule has 10 heteroatoms. The van der Waals surface area contributed by atoms with Crippen molar-refractivity contribution in [2.75, 3.05) is 37.5 Å². The van der Waals surface area contributed by atoms with Crippen LogP contribution in [0.15, 0.2) is 30.5 Å². The minimum atomic E-state index is -0.247. The molecule has 1 N–H and O–H groups in total. The Morgan fingerprint density at radius 1 is 1.20 bits per heavy atom. The van der Waals surface area contributed by atoms with Gasteiger partial charge in [-0.05, 0) is 18.2 Å². The van der Waals surface area contributed by atoms with Gasteiger partial charge < -0.3 is 32.5 Å². The molecule has 0 fully saturated rings. The predicted molar refractivity (Wildman–Crippen MR) is 138 cm³/mol. The average Bonchev–Trinajstić information content (AvgIpc) is 3.43. The summed E-state index contributed by atoms with van der Waals surface area (Å²) in [6.45, 7) is 5.78. The van der Waals surface area contributed by atoms with Crippen LogP contribution in [0.4, 0.5) is 11.4 Å². The minimum absolute atomic E-state index is 0. The molecule has 35 heavy (non-hydrogen) atoms. The van der Waals surface area contributed by atoms with Gasteiger partial charge in [-0.2, -0.15) is 18.4 Å². The quantitative estimate of drug-likeness (QED) is 0.277. The maximum absolute atomic E-state index is 13.4. The summed E-state index contributed by atoms with van der Waals surface area (Å²) in [6, 6.07) is 7.49. The molecule has 0 aliphatic rings. The Kier molecular flexibility index (Phi) is 10.3. The number of carbonyl (C=O) groups is 1. The molecule has 2 aromatic carbocycles. The Morgan fingerprint density at radius 2 is 2.00 bits per heavy atom. The normalized spacial score (nSPS) is 10.9. The Labute approximate surface area is 268 Å². The fourth-order valence-electron chi connectivity index (χ4n) is 3.92. The van der Waals surface area contributed by atoms with Crippen LogP contribution in [0.3, 0.4) is 0 Å². The van der Waals surface area contributed by atoms with E-state index in [0.717, 1.165) is 40.8 Å². The van der Waals surface area contributed by atoms with Crippen molar-refractivity contribution >= 4 is 49.7 Å². The number of fused-ring (bicyclic) bond motifs is 2. The molecule has 0 atom stereocenters. The molecule has 1 amide bonds. The van der Waals surface area contributed by atoms with Gasteiger partial charge in [-0.1, -0.05) is 18.3 Å². The summed E-state index contributed by atoms with van der Waals surface area (Å²) in [4.78, 5) is 20.3. The molecule has 180 valence electrons. The summed E-state index contributed by atoms with van der Waals surface area (Å²) in [6.07, 6.45) is 7.23. The molecule has 0 aliphatic carbocycles. The van der Waals surface area contributed by atoms with E-state index in [9.17, 15) is 4.79 Å². The van der Waals surface area contributed by atoms with Gasteiger partial charge in [0.05, 0.1) is 30.2 Å². The molecule has 0 saturated heterocycles. The van der Waals surface area contributed by atoms with Crippen molar-refractivity contribution in [1.29, 1.82) is 0 Å². The van der Waals surface area contributed by atoms with Crippen LogP contribution in [0.25, 0.3) is 21.1 Å². The van der Waals surface area contributed by atoms with Crippen molar-refractivity contribution < 1.29 is 83.2 Å². The fraction of sp³-hybridized carbons (Fsp3) is 0.320. The largest absolute Gasteiger partial charge is 1.00 e. The third-order valence-electron chi connectivity index (χ3n) is 5.47. The van der Waals surface area contributed by atoms with Gasteiger partial charge in [0.2, 0.25) is 0 Å². The van der Waals surface area contributed by atoms with Crippen LogP contribution < -0.4 is 88.6 Å². The number of ether oxygens (including phenoxy) is 2. The number of benzene rings is 2. The molecule has 4 aromatic rings. The molecule has 0 unspecified atom stereocenters. The van der Waals surface area contributed by atoms with Gasteiger partial charge in [0, 0.05) is 30.4 Å². The number of amides is 1. The Morgan fingerprint density at radius 3 is 2.69 bits per heavy atom. The van der Waals surface area contributed by atoms with E-state index in [4.69, 9.17) is 9.47 Å². The molecule has 0 saturated carbocycles. The Bertz CT molecular complexity index is 1320. The van der Waals surface area contributed by atoms with E-state index in [2.05, 4.69) is 40.1 Å². The van der Waals surface area contributed by atoms with Crippen LogP contribution >= 0.6 is 11.3 Å². The number of methoxy groups -OCH3 is 2. The summed E-state index contributed by atoms with van der Waals surface area (Å²) >= 11 is 1.45. The van der Waals surface area contributed by atoms with Crippen molar-refractivity contribution in [3.05, 3.63) is 48.9 Å². The number of nitrogens with one attached hydrogen (secondary N) is 1. The zero-order valence-corrected chi connectivity index (χ0v) is 28.2. The van der Waals surface area contributed by atoms with E-state index in [0.29, 0.717) is 27.7 Å². The second-order valence-electron chi connectivity index (χ2n) is 7.88. The molecule has 0 bridgehead atoms. The van der Waals surface area contributed by atoms with Crippen molar-refractivity contribution in [1.82, 2.24) is 14.8 Å². The monoisotopic (exact) mass is 612 g/mol. The molecule has 0 aliphatic heterocycles. The van der Waals surface area contributed by atoms with Gasteiger partial charge in [0.1, 0.15) is 16.8 Å². The molecule has 0 spiro atoms. The van der Waals surface area contributed by atoms with Crippen LogP contribution in [0.1, 0.15) is 30.6 Å². The summed E-state index contributed by atoms with van der Waals surface area (Å²) in [5, 5.41) is 8.83. The van der Waals surface area contributed by atoms with E-state index in [-0.39, 0.29) is 74.8 Å². The Balaban J connectivity index is 0.00000342. The summed E-state index contributed by atoms with van der Waals surface area (Å²) < 4.78 is 13.6. The second-order valence-corrected chi connectivity index (χ2v) is 8.84. The molecule has 2 heterocycles. The third kappa shape index (κ3) is 6.17. The number of thiazole rings is 1. The first-order valence-electron chi connectivity index (χ1n) is 11.1. The first kappa shape index (κ1) is 28.3. The van der Waals surface area contributed by atoms with Crippen LogP contribution in [-0.2, 0) is 7.05 Å². The number of hydrogen-bond donors (Lipinski definition) is 1. The van der Waals surface area contributed by atoms with Gasteiger partial charge in [-0.25, -0.2) is 4.98 Å². The standard InChI is InChI=1S/C25H29N5O3S.Cs/c1-6-8-12-30(11-7-2)19-10-9-18(22-23(19)34-25(27-22)33-5)24(31)26-17-13-16-15-29(3)28-21(16)20(14-17)32-4;/h7-10,13-15H,6,11-12H2,1-5H3,(H,26,31);/q-2;+1. The molecule has 8 nitrogen and oxygen atoms in total. The van der Waals surface area contributed by atoms with Crippen LogP contribution in [0, 0.1) is 12.8 Å². The van der Waals surface area contributed by atoms with Crippen LogP contribution in [0.5, 0.6) is 10.9 Å². The number of nitrogens with zero attached hydrogens (tertiary/aromatic N) is 4. The van der Waals surface area contributed by atoms with E-state index in [1.807, 2.05) is 38.4 Å². The zero-order valence-electron chi connectivity index (χ0n) is 21.1. The molecule has 0 radical (unpaired) electrons. The minimum Gasteiger partial charge on any atom is -0.494 e.